The van der Waals surface area contributed by atoms with E-state index in [1.165, 1.54) is 135 Å². The van der Waals surface area contributed by atoms with Gasteiger partial charge in [-0.05, 0) is 44.9 Å². The van der Waals surface area contributed by atoms with Crippen LogP contribution in [-0.4, -0.2) is 37.9 Å². The van der Waals surface area contributed by atoms with Crippen molar-refractivity contribution in [2.75, 3.05) is 19.8 Å². The summed E-state index contributed by atoms with van der Waals surface area (Å²) in [6.45, 7) is 6.77. The van der Waals surface area contributed by atoms with E-state index in [-0.39, 0.29) is 25.2 Å². The summed E-state index contributed by atoms with van der Waals surface area (Å²) in [5.74, 6) is -0.524. The van der Waals surface area contributed by atoms with Crippen LogP contribution >= 0.6 is 0 Å². The molecular formula is C39H72O5. The predicted molar refractivity (Wildman–Crippen MR) is 187 cm³/mol. The van der Waals surface area contributed by atoms with Gasteiger partial charge in [-0.3, -0.25) is 9.59 Å². The molecule has 0 amide bonds. The number of hydrogen-bond acceptors (Lipinski definition) is 5. The summed E-state index contributed by atoms with van der Waals surface area (Å²) >= 11 is 0. The lowest BCUT2D eigenvalue weighted by atomic mass is 10.0. The second kappa shape index (κ2) is 35.9. The van der Waals surface area contributed by atoms with Gasteiger partial charge in [0.15, 0.2) is 0 Å². The Hall–Kier alpha value is -1.62. The third-order valence-electron chi connectivity index (χ3n) is 8.09. The fourth-order valence-electron chi connectivity index (χ4n) is 5.24. The Labute approximate surface area is 273 Å². The number of carbonyl (C=O) groups excluding carboxylic acids is 2. The molecule has 1 atom stereocenters. The van der Waals surface area contributed by atoms with Crippen LogP contribution in [0, 0.1) is 0 Å². The summed E-state index contributed by atoms with van der Waals surface area (Å²) in [5.41, 5.74) is 0. The molecule has 5 heteroatoms. The second-order valence-electron chi connectivity index (χ2n) is 12.6. The number of allylic oxidation sites excluding steroid dienone is 4. The minimum atomic E-state index is -0.396. The zero-order valence-electron chi connectivity index (χ0n) is 29.4. The quantitative estimate of drug-likeness (QED) is 0.0407. The molecule has 0 aliphatic rings. The van der Waals surface area contributed by atoms with Gasteiger partial charge in [-0.2, -0.15) is 0 Å². The van der Waals surface area contributed by atoms with Crippen molar-refractivity contribution in [2.24, 2.45) is 0 Å². The Morgan fingerprint density at radius 2 is 0.955 bits per heavy atom. The Morgan fingerprint density at radius 3 is 1.50 bits per heavy atom. The SMILES string of the molecule is CCCCC/C=C\C/C=C\CCCCCCCCOC(COC(C)=O)COC(=O)CCCCCCCCCCCCCCC. The molecule has 0 aromatic rings. The maximum Gasteiger partial charge on any atom is 0.305 e. The first-order valence-electron chi connectivity index (χ1n) is 18.8. The predicted octanol–water partition coefficient (Wildman–Crippen LogP) is 11.8. The van der Waals surface area contributed by atoms with E-state index in [4.69, 9.17) is 14.2 Å². The van der Waals surface area contributed by atoms with Gasteiger partial charge in [-0.25, -0.2) is 0 Å². The molecule has 5 nitrogen and oxygen atoms in total. The van der Waals surface area contributed by atoms with Gasteiger partial charge in [0.1, 0.15) is 19.3 Å². The van der Waals surface area contributed by atoms with E-state index >= 15 is 0 Å². The first kappa shape index (κ1) is 42.4. The van der Waals surface area contributed by atoms with Gasteiger partial charge in [-0.15, -0.1) is 0 Å². The Morgan fingerprint density at radius 1 is 0.523 bits per heavy atom. The number of carbonyl (C=O) groups is 2. The van der Waals surface area contributed by atoms with E-state index in [0.29, 0.717) is 13.0 Å². The zero-order valence-corrected chi connectivity index (χ0v) is 29.4. The molecule has 44 heavy (non-hydrogen) atoms. The van der Waals surface area contributed by atoms with Crippen LogP contribution in [0.2, 0.25) is 0 Å². The summed E-state index contributed by atoms with van der Waals surface area (Å²) in [5, 5.41) is 0. The number of hydrogen-bond donors (Lipinski definition) is 0. The molecule has 258 valence electrons. The maximum absolute atomic E-state index is 12.2. The van der Waals surface area contributed by atoms with Crippen molar-refractivity contribution in [3.63, 3.8) is 0 Å². The average molecular weight is 621 g/mol. The number of unbranched alkanes of at least 4 members (excludes halogenated alkanes) is 21. The van der Waals surface area contributed by atoms with Crippen molar-refractivity contribution in [2.45, 2.75) is 194 Å². The number of rotatable bonds is 34. The third-order valence-corrected chi connectivity index (χ3v) is 8.09. The van der Waals surface area contributed by atoms with E-state index < -0.39 is 6.10 Å². The molecular weight excluding hydrogens is 548 g/mol. The van der Waals surface area contributed by atoms with E-state index in [2.05, 4.69) is 38.2 Å². The molecule has 1 unspecified atom stereocenters. The summed E-state index contributed by atoms with van der Waals surface area (Å²) in [6.07, 6.45) is 40.4. The standard InChI is InChI=1S/C39H72O5/c1-4-6-8-10-12-14-16-18-19-20-22-24-26-28-30-32-34-42-38(35-43-37(3)40)36-44-39(41)33-31-29-27-25-23-21-17-15-13-11-9-7-5-2/h12,14,18-19,38H,4-11,13,15-17,20-36H2,1-3H3/b14-12-,19-18-. The summed E-state index contributed by atoms with van der Waals surface area (Å²) < 4.78 is 16.5. The molecule has 0 aliphatic carbocycles. The Bertz CT molecular complexity index is 671. The van der Waals surface area contributed by atoms with Crippen molar-refractivity contribution in [3.05, 3.63) is 24.3 Å². The molecule has 0 fully saturated rings. The summed E-state index contributed by atoms with van der Waals surface area (Å²) in [6, 6.07) is 0. The van der Waals surface area contributed by atoms with Gasteiger partial charge in [-0.1, -0.05) is 154 Å². The topological polar surface area (TPSA) is 61.8 Å². The van der Waals surface area contributed by atoms with E-state index in [9.17, 15) is 9.59 Å². The fourth-order valence-corrected chi connectivity index (χ4v) is 5.24. The average Bonchev–Trinajstić information content (AvgIpc) is 3.01. The smallest absolute Gasteiger partial charge is 0.305 e. The van der Waals surface area contributed by atoms with Crippen molar-refractivity contribution >= 4 is 11.9 Å². The van der Waals surface area contributed by atoms with Gasteiger partial charge in [0.2, 0.25) is 0 Å². The van der Waals surface area contributed by atoms with E-state index in [1.54, 1.807) is 0 Å². The molecule has 0 N–H and O–H groups in total. The number of ether oxygens (including phenoxy) is 3. The highest BCUT2D eigenvalue weighted by atomic mass is 16.6. The van der Waals surface area contributed by atoms with Gasteiger partial charge in [0.25, 0.3) is 0 Å². The van der Waals surface area contributed by atoms with Crippen molar-refractivity contribution in [1.29, 1.82) is 0 Å². The zero-order chi connectivity index (χ0) is 32.2. The van der Waals surface area contributed by atoms with Crippen LogP contribution in [0.4, 0.5) is 0 Å². The molecule has 0 bridgehead atoms. The van der Waals surface area contributed by atoms with Crippen molar-refractivity contribution in [3.8, 4) is 0 Å². The van der Waals surface area contributed by atoms with Crippen LogP contribution in [0.15, 0.2) is 24.3 Å². The highest BCUT2D eigenvalue weighted by Crippen LogP contribution is 2.14. The van der Waals surface area contributed by atoms with E-state index in [1.807, 2.05) is 0 Å². The van der Waals surface area contributed by atoms with Crippen LogP contribution in [0.1, 0.15) is 188 Å². The minimum Gasteiger partial charge on any atom is -0.463 e. The lowest BCUT2D eigenvalue weighted by Crippen LogP contribution is -2.28. The third kappa shape index (κ3) is 34.9. The largest absolute Gasteiger partial charge is 0.463 e. The molecule has 0 saturated carbocycles. The van der Waals surface area contributed by atoms with Crippen molar-refractivity contribution in [1.82, 2.24) is 0 Å². The van der Waals surface area contributed by atoms with Crippen LogP contribution in [0.5, 0.6) is 0 Å². The van der Waals surface area contributed by atoms with Crippen LogP contribution in [0.3, 0.4) is 0 Å². The first-order valence-corrected chi connectivity index (χ1v) is 18.8. The molecule has 0 saturated heterocycles. The van der Waals surface area contributed by atoms with Gasteiger partial charge < -0.3 is 14.2 Å². The van der Waals surface area contributed by atoms with Gasteiger partial charge in [0.05, 0.1) is 0 Å². The molecule has 0 rings (SSSR count). The molecule has 0 aromatic carbocycles. The highest BCUT2D eigenvalue weighted by molar-refractivity contribution is 5.69. The van der Waals surface area contributed by atoms with Crippen molar-refractivity contribution < 1.29 is 23.8 Å². The number of esters is 2. The van der Waals surface area contributed by atoms with Crippen LogP contribution in [-0.2, 0) is 23.8 Å². The summed E-state index contributed by atoms with van der Waals surface area (Å²) in [7, 11) is 0. The van der Waals surface area contributed by atoms with Crippen LogP contribution in [0.25, 0.3) is 0 Å². The Kier molecular flexibility index (Phi) is 34.5. The Balaban J connectivity index is 3.74. The van der Waals surface area contributed by atoms with Gasteiger partial charge >= 0.3 is 11.9 Å². The lowest BCUT2D eigenvalue weighted by Gasteiger charge is -2.18. The summed E-state index contributed by atoms with van der Waals surface area (Å²) in [4.78, 5) is 23.5. The minimum absolute atomic E-state index is 0.128. The fraction of sp³-hybridized carbons (Fsp3) is 0.846. The van der Waals surface area contributed by atoms with Crippen LogP contribution < -0.4 is 0 Å². The van der Waals surface area contributed by atoms with E-state index in [0.717, 1.165) is 32.1 Å². The lowest BCUT2D eigenvalue weighted by molar-refractivity contribution is -0.154. The first-order chi connectivity index (χ1) is 21.6. The molecule has 0 radical (unpaired) electrons. The second-order valence-corrected chi connectivity index (χ2v) is 12.6. The molecule has 0 spiro atoms. The molecule has 0 aliphatic heterocycles. The highest BCUT2D eigenvalue weighted by Gasteiger charge is 2.14. The maximum atomic E-state index is 12.2. The molecule has 0 heterocycles. The normalized spacial score (nSPS) is 12.3. The van der Waals surface area contributed by atoms with Gasteiger partial charge in [0, 0.05) is 20.0 Å². The molecule has 0 aromatic heterocycles. The monoisotopic (exact) mass is 621 g/mol.